The lowest BCUT2D eigenvalue weighted by Crippen LogP contribution is -2.12. The first-order valence-electron chi connectivity index (χ1n) is 6.52. The maximum atomic E-state index is 11.9. The van der Waals surface area contributed by atoms with Crippen molar-refractivity contribution in [1.82, 2.24) is 0 Å². The highest BCUT2D eigenvalue weighted by Gasteiger charge is 2.24. The van der Waals surface area contributed by atoms with Gasteiger partial charge in [0.15, 0.2) is 0 Å². The minimum Gasteiger partial charge on any atom is -0.321 e. The molecular weight excluding hydrogens is 271 g/mol. The molecule has 4 heteroatoms. The van der Waals surface area contributed by atoms with Gasteiger partial charge in [0.25, 0.3) is 0 Å². The van der Waals surface area contributed by atoms with Crippen LogP contribution in [0.1, 0.15) is 12.5 Å². The highest BCUT2D eigenvalue weighted by Crippen LogP contribution is 2.39. The van der Waals surface area contributed by atoms with Crippen molar-refractivity contribution < 1.29 is 14.4 Å². The second-order valence-electron chi connectivity index (χ2n) is 4.85. The first-order valence-corrected chi connectivity index (χ1v) is 8.13. The minimum absolute atomic E-state index is 0.170. The zero-order chi connectivity index (χ0) is 14.3. The third-order valence-electron chi connectivity index (χ3n) is 3.65. The smallest absolute Gasteiger partial charge is 0.321 e. The molecule has 20 heavy (non-hydrogen) atoms. The van der Waals surface area contributed by atoms with Crippen LogP contribution in [0.5, 0.6) is 0 Å². The number of benzene rings is 3. The summed E-state index contributed by atoms with van der Waals surface area (Å²) in [6, 6.07) is 15.4. The topological polar surface area (TPSA) is 57.5 Å². The molecule has 2 N–H and O–H groups in total. The second-order valence-corrected chi connectivity index (χ2v) is 6.39. The van der Waals surface area contributed by atoms with E-state index in [4.69, 9.17) is 0 Å². The highest BCUT2D eigenvalue weighted by molar-refractivity contribution is 7.61. The third kappa shape index (κ3) is 2.04. The summed E-state index contributed by atoms with van der Waals surface area (Å²) in [4.78, 5) is 19.4. The van der Waals surface area contributed by atoms with E-state index in [0.29, 0.717) is 17.4 Å². The standard InChI is InChI=1S/C16H15O3P/c1-2-11-7-9-14-13-6-4-3-5-12(13)8-10-15(14)16(11)20(17,18)19/h3-10H,2H2,1H3,(H2,17,18,19). The molecule has 0 saturated heterocycles. The van der Waals surface area contributed by atoms with Gasteiger partial charge in [0.2, 0.25) is 0 Å². The Balaban J connectivity index is 2.52. The van der Waals surface area contributed by atoms with Crippen LogP contribution in [0.2, 0.25) is 0 Å². The van der Waals surface area contributed by atoms with Crippen molar-refractivity contribution in [3.05, 3.63) is 54.1 Å². The quantitative estimate of drug-likeness (QED) is 0.561. The highest BCUT2D eigenvalue weighted by atomic mass is 31.2. The Morgan fingerprint density at radius 3 is 2.30 bits per heavy atom. The van der Waals surface area contributed by atoms with Gasteiger partial charge in [-0.15, -0.1) is 0 Å². The maximum Gasteiger partial charge on any atom is 0.357 e. The Kier molecular flexibility index (Phi) is 3.14. The third-order valence-corrected chi connectivity index (χ3v) is 4.76. The van der Waals surface area contributed by atoms with Crippen LogP contribution in [0.25, 0.3) is 21.5 Å². The van der Waals surface area contributed by atoms with E-state index < -0.39 is 7.60 Å². The van der Waals surface area contributed by atoms with Gasteiger partial charge in [-0.1, -0.05) is 55.5 Å². The lowest BCUT2D eigenvalue weighted by atomic mass is 9.99. The zero-order valence-electron chi connectivity index (χ0n) is 11.1. The lowest BCUT2D eigenvalue weighted by molar-refractivity contribution is 0.387. The van der Waals surface area contributed by atoms with E-state index in [9.17, 15) is 14.4 Å². The molecule has 3 rings (SSSR count). The molecule has 0 aliphatic rings. The minimum atomic E-state index is -4.30. The fourth-order valence-electron chi connectivity index (χ4n) is 2.75. The molecule has 0 aliphatic carbocycles. The molecular formula is C16H15O3P. The van der Waals surface area contributed by atoms with E-state index in [0.717, 1.165) is 16.2 Å². The number of fused-ring (bicyclic) bond motifs is 3. The molecule has 3 aromatic carbocycles. The van der Waals surface area contributed by atoms with Crippen molar-refractivity contribution in [2.75, 3.05) is 0 Å². The fourth-order valence-corrected chi connectivity index (χ4v) is 3.86. The van der Waals surface area contributed by atoms with E-state index in [1.807, 2.05) is 55.5 Å². The number of rotatable bonds is 2. The molecule has 102 valence electrons. The lowest BCUT2D eigenvalue weighted by Gasteiger charge is -2.14. The van der Waals surface area contributed by atoms with Crippen LogP contribution in [0, 0.1) is 0 Å². The van der Waals surface area contributed by atoms with Crippen molar-refractivity contribution in [2.24, 2.45) is 0 Å². The maximum absolute atomic E-state index is 11.9. The molecule has 0 amide bonds. The average molecular weight is 286 g/mol. The van der Waals surface area contributed by atoms with Gasteiger partial charge in [-0.25, -0.2) is 0 Å². The van der Waals surface area contributed by atoms with Gasteiger partial charge in [-0.3, -0.25) is 4.57 Å². The molecule has 3 aromatic rings. The Bertz CT molecular complexity index is 849. The van der Waals surface area contributed by atoms with E-state index >= 15 is 0 Å². The van der Waals surface area contributed by atoms with Gasteiger partial charge in [0, 0.05) is 0 Å². The van der Waals surface area contributed by atoms with Crippen LogP contribution < -0.4 is 5.30 Å². The largest absolute Gasteiger partial charge is 0.357 e. The molecule has 0 aliphatic heterocycles. The van der Waals surface area contributed by atoms with Crippen molar-refractivity contribution >= 4 is 34.4 Å². The van der Waals surface area contributed by atoms with Crippen molar-refractivity contribution in [3.8, 4) is 0 Å². The van der Waals surface area contributed by atoms with Crippen LogP contribution in [-0.2, 0) is 11.0 Å². The van der Waals surface area contributed by atoms with E-state index in [1.54, 1.807) is 0 Å². The average Bonchev–Trinajstić information content (AvgIpc) is 2.44. The molecule has 0 fully saturated rings. The summed E-state index contributed by atoms with van der Waals surface area (Å²) in [5.74, 6) is 0. The molecule has 0 saturated carbocycles. The molecule has 0 heterocycles. The van der Waals surface area contributed by atoms with Gasteiger partial charge >= 0.3 is 7.60 Å². The Hall–Kier alpha value is -1.67. The summed E-state index contributed by atoms with van der Waals surface area (Å²) in [6.45, 7) is 1.90. The summed E-state index contributed by atoms with van der Waals surface area (Å²) >= 11 is 0. The molecule has 0 unspecified atom stereocenters. The van der Waals surface area contributed by atoms with Crippen LogP contribution in [0.4, 0.5) is 0 Å². The van der Waals surface area contributed by atoms with Gasteiger partial charge in [-0.2, -0.15) is 0 Å². The summed E-state index contributed by atoms with van der Waals surface area (Å²) in [5, 5.41) is 3.79. The Labute approximate surface area is 117 Å². The molecule has 3 nitrogen and oxygen atoms in total. The van der Waals surface area contributed by atoms with Crippen molar-refractivity contribution in [1.29, 1.82) is 0 Å². The van der Waals surface area contributed by atoms with Gasteiger partial charge < -0.3 is 9.79 Å². The molecule has 0 radical (unpaired) electrons. The predicted molar refractivity (Wildman–Crippen MR) is 82.5 cm³/mol. The summed E-state index contributed by atoms with van der Waals surface area (Å²) in [7, 11) is -4.30. The van der Waals surface area contributed by atoms with E-state index in [1.165, 1.54) is 0 Å². The van der Waals surface area contributed by atoms with E-state index in [2.05, 4.69) is 0 Å². The summed E-state index contributed by atoms with van der Waals surface area (Å²) < 4.78 is 11.9. The SMILES string of the molecule is CCc1ccc2c(ccc3ccccc32)c1P(=O)(O)O. The first-order chi connectivity index (χ1) is 9.52. The molecule has 0 atom stereocenters. The summed E-state index contributed by atoms with van der Waals surface area (Å²) in [5.41, 5.74) is 0.709. The monoisotopic (exact) mass is 286 g/mol. The van der Waals surface area contributed by atoms with Crippen LogP contribution >= 0.6 is 7.60 Å². The number of hydrogen-bond donors (Lipinski definition) is 2. The Morgan fingerprint density at radius 2 is 1.60 bits per heavy atom. The number of aryl methyl sites for hydroxylation is 1. The summed E-state index contributed by atoms with van der Waals surface area (Å²) in [6.07, 6.45) is 0.600. The Morgan fingerprint density at radius 1 is 0.900 bits per heavy atom. The van der Waals surface area contributed by atoms with Crippen LogP contribution in [0.3, 0.4) is 0 Å². The van der Waals surface area contributed by atoms with Crippen molar-refractivity contribution in [3.63, 3.8) is 0 Å². The normalized spacial score (nSPS) is 12.2. The van der Waals surface area contributed by atoms with E-state index in [-0.39, 0.29) is 5.30 Å². The number of hydrogen-bond acceptors (Lipinski definition) is 1. The zero-order valence-corrected chi connectivity index (χ0v) is 12.0. The predicted octanol–water partition coefficient (Wildman–Crippen LogP) is 3.36. The van der Waals surface area contributed by atoms with Crippen LogP contribution in [-0.4, -0.2) is 9.79 Å². The van der Waals surface area contributed by atoms with Gasteiger partial charge in [0.05, 0.1) is 5.30 Å². The molecule has 0 aromatic heterocycles. The van der Waals surface area contributed by atoms with Crippen LogP contribution in [0.15, 0.2) is 48.5 Å². The van der Waals surface area contributed by atoms with Crippen molar-refractivity contribution in [2.45, 2.75) is 13.3 Å². The first kappa shape index (κ1) is 13.3. The van der Waals surface area contributed by atoms with Gasteiger partial charge in [-0.05, 0) is 33.5 Å². The molecule has 0 bridgehead atoms. The fraction of sp³-hybridized carbons (Fsp3) is 0.125. The molecule has 0 spiro atoms. The second kappa shape index (κ2) is 4.71. The van der Waals surface area contributed by atoms with Gasteiger partial charge in [0.1, 0.15) is 0 Å².